The van der Waals surface area contributed by atoms with E-state index >= 15 is 0 Å². The second-order valence-corrected chi connectivity index (χ2v) is 12.5. The van der Waals surface area contributed by atoms with Crippen LogP contribution in [-0.2, 0) is 9.53 Å². The number of hydrogen-bond acceptors (Lipinski definition) is 2. The SMILES string of the molecule is COC(=O)C(CCCC[Si](C)(C)C)c1ccc(Cl)cc1. The number of esters is 1. The zero-order valence-electron chi connectivity index (χ0n) is 12.9. The summed E-state index contributed by atoms with van der Waals surface area (Å²) < 4.78 is 4.93. The number of halogens is 1. The molecule has 20 heavy (non-hydrogen) atoms. The number of unbranched alkanes of at least 4 members (excludes halogenated alkanes) is 1. The lowest BCUT2D eigenvalue weighted by molar-refractivity contribution is -0.142. The van der Waals surface area contributed by atoms with E-state index in [1.54, 1.807) is 0 Å². The second kappa shape index (κ2) is 7.84. The van der Waals surface area contributed by atoms with Crippen molar-refractivity contribution in [2.75, 3.05) is 7.11 Å². The van der Waals surface area contributed by atoms with Crippen molar-refractivity contribution in [1.82, 2.24) is 0 Å². The van der Waals surface area contributed by atoms with Crippen molar-refractivity contribution >= 4 is 25.6 Å². The molecule has 0 aliphatic heterocycles. The normalized spacial score (nSPS) is 13.1. The lowest BCUT2D eigenvalue weighted by Crippen LogP contribution is -2.19. The predicted octanol–water partition coefficient (Wildman–Crippen LogP) is 5.11. The van der Waals surface area contributed by atoms with Crippen molar-refractivity contribution in [1.29, 1.82) is 0 Å². The maximum absolute atomic E-state index is 11.9. The van der Waals surface area contributed by atoms with Gasteiger partial charge in [0.25, 0.3) is 0 Å². The van der Waals surface area contributed by atoms with Crippen molar-refractivity contribution in [2.45, 2.75) is 50.9 Å². The number of hydrogen-bond donors (Lipinski definition) is 0. The maximum atomic E-state index is 11.9. The van der Waals surface area contributed by atoms with Gasteiger partial charge in [0.2, 0.25) is 0 Å². The van der Waals surface area contributed by atoms with Crippen LogP contribution in [0.15, 0.2) is 24.3 Å². The maximum Gasteiger partial charge on any atom is 0.313 e. The molecular formula is C16H25ClO2Si. The van der Waals surface area contributed by atoms with Gasteiger partial charge in [0.1, 0.15) is 0 Å². The molecule has 0 aliphatic carbocycles. The summed E-state index contributed by atoms with van der Waals surface area (Å²) in [6, 6.07) is 8.80. The van der Waals surface area contributed by atoms with Crippen LogP contribution in [0.2, 0.25) is 30.7 Å². The van der Waals surface area contributed by atoms with Crippen LogP contribution < -0.4 is 0 Å². The van der Waals surface area contributed by atoms with Gasteiger partial charge in [-0.1, -0.05) is 62.3 Å². The van der Waals surface area contributed by atoms with Crippen LogP contribution in [0.25, 0.3) is 0 Å². The minimum absolute atomic E-state index is 0.152. The van der Waals surface area contributed by atoms with E-state index in [4.69, 9.17) is 16.3 Å². The molecule has 0 N–H and O–H groups in total. The lowest BCUT2D eigenvalue weighted by atomic mass is 9.94. The van der Waals surface area contributed by atoms with E-state index in [-0.39, 0.29) is 11.9 Å². The standard InChI is InChI=1S/C16H25ClO2Si/c1-19-16(18)15(7-5-6-12-20(2,3)4)13-8-10-14(17)11-9-13/h8-11,15H,5-7,12H2,1-4H3. The summed E-state index contributed by atoms with van der Waals surface area (Å²) in [5.74, 6) is -0.320. The van der Waals surface area contributed by atoms with Crippen LogP contribution in [-0.4, -0.2) is 21.2 Å². The van der Waals surface area contributed by atoms with Crippen LogP contribution >= 0.6 is 11.6 Å². The highest BCUT2D eigenvalue weighted by Crippen LogP contribution is 2.26. The first-order valence-corrected chi connectivity index (χ1v) is 11.3. The van der Waals surface area contributed by atoms with Crippen LogP contribution in [0.3, 0.4) is 0 Å². The summed E-state index contributed by atoms with van der Waals surface area (Å²) in [5.41, 5.74) is 0.995. The highest BCUT2D eigenvalue weighted by atomic mass is 35.5. The molecule has 0 amide bonds. The number of rotatable bonds is 7. The molecule has 1 rings (SSSR count). The minimum Gasteiger partial charge on any atom is -0.469 e. The zero-order chi connectivity index (χ0) is 15.2. The van der Waals surface area contributed by atoms with E-state index in [0.29, 0.717) is 5.02 Å². The molecule has 1 atom stereocenters. The van der Waals surface area contributed by atoms with Crippen LogP contribution in [0.5, 0.6) is 0 Å². The average molecular weight is 313 g/mol. The fourth-order valence-electron chi connectivity index (χ4n) is 2.26. The van der Waals surface area contributed by atoms with Gasteiger partial charge < -0.3 is 4.74 Å². The average Bonchev–Trinajstić information content (AvgIpc) is 2.38. The summed E-state index contributed by atoms with van der Waals surface area (Å²) in [7, 11) is 0.467. The van der Waals surface area contributed by atoms with E-state index in [1.165, 1.54) is 19.6 Å². The molecule has 0 radical (unpaired) electrons. The fraction of sp³-hybridized carbons (Fsp3) is 0.562. The van der Waals surface area contributed by atoms with Gasteiger partial charge in [0.15, 0.2) is 0 Å². The Hall–Kier alpha value is -0.803. The first-order valence-electron chi connectivity index (χ1n) is 7.17. The molecule has 1 aromatic carbocycles. The molecule has 1 aromatic rings. The minimum atomic E-state index is -0.985. The van der Waals surface area contributed by atoms with E-state index in [9.17, 15) is 4.79 Å². The van der Waals surface area contributed by atoms with Crippen LogP contribution in [0.4, 0.5) is 0 Å². The molecule has 4 heteroatoms. The van der Waals surface area contributed by atoms with E-state index in [0.717, 1.165) is 18.4 Å². The lowest BCUT2D eigenvalue weighted by Gasteiger charge is -2.18. The smallest absolute Gasteiger partial charge is 0.313 e. The molecule has 0 saturated heterocycles. The molecule has 0 heterocycles. The number of carbonyl (C=O) groups is 1. The monoisotopic (exact) mass is 312 g/mol. The van der Waals surface area contributed by atoms with Crippen LogP contribution in [0.1, 0.15) is 30.7 Å². The van der Waals surface area contributed by atoms with Gasteiger partial charge in [-0.2, -0.15) is 0 Å². The Labute approximate surface area is 128 Å². The quantitative estimate of drug-likeness (QED) is 0.397. The molecular weight excluding hydrogens is 288 g/mol. The molecule has 2 nitrogen and oxygen atoms in total. The van der Waals surface area contributed by atoms with Gasteiger partial charge in [-0.05, 0) is 24.1 Å². The summed E-state index contributed by atoms with van der Waals surface area (Å²) >= 11 is 5.90. The van der Waals surface area contributed by atoms with Gasteiger partial charge in [0, 0.05) is 13.1 Å². The van der Waals surface area contributed by atoms with Crippen LogP contribution in [0, 0.1) is 0 Å². The number of ether oxygens (including phenoxy) is 1. The Bertz CT molecular complexity index is 423. The molecule has 112 valence electrons. The molecule has 0 aromatic heterocycles. The summed E-state index contributed by atoms with van der Waals surface area (Å²) in [4.78, 5) is 11.9. The molecule has 0 spiro atoms. The molecule has 0 saturated carbocycles. The Morgan fingerprint density at radius 2 is 1.80 bits per heavy atom. The predicted molar refractivity (Wildman–Crippen MR) is 88.2 cm³/mol. The molecule has 0 aliphatic rings. The van der Waals surface area contributed by atoms with Gasteiger partial charge >= 0.3 is 5.97 Å². The van der Waals surface area contributed by atoms with E-state index < -0.39 is 8.07 Å². The van der Waals surface area contributed by atoms with E-state index in [2.05, 4.69) is 19.6 Å². The van der Waals surface area contributed by atoms with Gasteiger partial charge in [-0.15, -0.1) is 0 Å². The van der Waals surface area contributed by atoms with Crippen molar-refractivity contribution < 1.29 is 9.53 Å². The first-order chi connectivity index (χ1) is 9.33. The Balaban J connectivity index is 2.62. The summed E-state index contributed by atoms with van der Waals surface area (Å²) in [5, 5.41) is 0.691. The molecule has 0 fully saturated rings. The Morgan fingerprint density at radius 3 is 2.30 bits per heavy atom. The fourth-order valence-corrected chi connectivity index (χ4v) is 3.70. The Kier molecular flexibility index (Phi) is 6.76. The zero-order valence-corrected chi connectivity index (χ0v) is 14.7. The third-order valence-corrected chi connectivity index (χ3v) is 5.53. The van der Waals surface area contributed by atoms with Gasteiger partial charge in [-0.25, -0.2) is 0 Å². The number of methoxy groups -OCH3 is 1. The summed E-state index contributed by atoms with van der Waals surface area (Å²) in [6.45, 7) is 7.14. The van der Waals surface area contributed by atoms with E-state index in [1.807, 2.05) is 24.3 Å². The van der Waals surface area contributed by atoms with Crippen molar-refractivity contribution in [3.63, 3.8) is 0 Å². The molecule has 1 unspecified atom stereocenters. The highest BCUT2D eigenvalue weighted by molar-refractivity contribution is 6.76. The first kappa shape index (κ1) is 17.2. The summed E-state index contributed by atoms with van der Waals surface area (Å²) in [6.07, 6.45) is 3.10. The van der Waals surface area contributed by atoms with Crippen molar-refractivity contribution in [2.24, 2.45) is 0 Å². The number of carbonyl (C=O) groups excluding carboxylic acids is 1. The topological polar surface area (TPSA) is 26.3 Å². The van der Waals surface area contributed by atoms with Gasteiger partial charge in [-0.3, -0.25) is 4.79 Å². The largest absolute Gasteiger partial charge is 0.469 e. The third kappa shape index (κ3) is 6.10. The third-order valence-electron chi connectivity index (χ3n) is 3.43. The highest BCUT2D eigenvalue weighted by Gasteiger charge is 2.21. The second-order valence-electron chi connectivity index (χ2n) is 6.43. The Morgan fingerprint density at radius 1 is 1.20 bits per heavy atom. The van der Waals surface area contributed by atoms with Crippen molar-refractivity contribution in [3.8, 4) is 0 Å². The number of benzene rings is 1. The van der Waals surface area contributed by atoms with Gasteiger partial charge in [0.05, 0.1) is 13.0 Å². The molecule has 0 bridgehead atoms. The van der Waals surface area contributed by atoms with Crippen molar-refractivity contribution in [3.05, 3.63) is 34.9 Å².